The summed E-state index contributed by atoms with van der Waals surface area (Å²) in [4.78, 5) is 0. The second-order valence-corrected chi connectivity index (χ2v) is 8.88. The third-order valence-corrected chi connectivity index (χ3v) is 7.38. The molecular formula is C12H15Br2NO3S. The van der Waals surface area contributed by atoms with Crippen LogP contribution in [0.15, 0.2) is 27.1 Å². The molecule has 1 aromatic carbocycles. The van der Waals surface area contributed by atoms with Crippen LogP contribution in [0.2, 0.25) is 0 Å². The summed E-state index contributed by atoms with van der Waals surface area (Å²) in [6.45, 7) is 0.154. The first-order valence-corrected chi connectivity index (χ1v) is 9.24. The van der Waals surface area contributed by atoms with Gasteiger partial charge in [0.2, 0.25) is 0 Å². The highest BCUT2D eigenvalue weighted by Gasteiger charge is 2.47. The summed E-state index contributed by atoms with van der Waals surface area (Å²) in [6, 6.07) is 5.38. The molecule has 2 atom stereocenters. The molecule has 7 heteroatoms. The zero-order valence-electron chi connectivity index (χ0n) is 10.1. The van der Waals surface area contributed by atoms with E-state index in [9.17, 15) is 13.5 Å². The van der Waals surface area contributed by atoms with Crippen LogP contribution in [0.3, 0.4) is 0 Å². The maximum atomic E-state index is 11.7. The number of hydrogen-bond acceptors (Lipinski definition) is 4. The van der Waals surface area contributed by atoms with Crippen molar-refractivity contribution >= 4 is 41.7 Å². The van der Waals surface area contributed by atoms with Gasteiger partial charge >= 0.3 is 0 Å². The molecule has 1 fully saturated rings. The van der Waals surface area contributed by atoms with E-state index in [4.69, 9.17) is 5.73 Å². The lowest BCUT2D eigenvalue weighted by Crippen LogP contribution is -2.38. The Labute approximate surface area is 129 Å². The highest BCUT2D eigenvalue weighted by molar-refractivity contribution is 9.13. The summed E-state index contributed by atoms with van der Waals surface area (Å²) >= 11 is 6.74. The maximum Gasteiger partial charge on any atom is 0.151 e. The van der Waals surface area contributed by atoms with Crippen molar-refractivity contribution in [2.24, 2.45) is 11.1 Å². The van der Waals surface area contributed by atoms with E-state index < -0.39 is 21.4 Å². The first kappa shape index (κ1) is 15.4. The fourth-order valence-corrected chi connectivity index (χ4v) is 5.27. The topological polar surface area (TPSA) is 80.4 Å². The summed E-state index contributed by atoms with van der Waals surface area (Å²) in [5.74, 6) is 0.0459. The van der Waals surface area contributed by atoms with Crippen LogP contribution >= 0.6 is 31.9 Å². The molecule has 1 saturated heterocycles. The Kier molecular flexibility index (Phi) is 4.42. The molecule has 1 heterocycles. The third kappa shape index (κ3) is 3.05. The SMILES string of the molecule is NCC1(C(O)c2ccc(Br)c(Br)c2)CCS(=O)(=O)C1. The zero-order valence-corrected chi connectivity index (χ0v) is 14.1. The van der Waals surface area contributed by atoms with Crippen molar-refractivity contribution in [3.63, 3.8) is 0 Å². The maximum absolute atomic E-state index is 11.7. The molecule has 0 aliphatic carbocycles. The lowest BCUT2D eigenvalue weighted by atomic mass is 9.78. The molecule has 1 aromatic rings. The van der Waals surface area contributed by atoms with Crippen LogP contribution in [0, 0.1) is 5.41 Å². The van der Waals surface area contributed by atoms with Crippen molar-refractivity contribution in [1.82, 2.24) is 0 Å². The van der Waals surface area contributed by atoms with Gasteiger partial charge in [0.15, 0.2) is 9.84 Å². The number of benzene rings is 1. The molecule has 0 saturated carbocycles. The molecule has 0 spiro atoms. The summed E-state index contributed by atoms with van der Waals surface area (Å²) in [6.07, 6.45) is -0.472. The molecule has 19 heavy (non-hydrogen) atoms. The second-order valence-electron chi connectivity index (χ2n) is 4.98. The lowest BCUT2D eigenvalue weighted by molar-refractivity contribution is 0.0471. The molecular weight excluding hydrogens is 398 g/mol. The summed E-state index contributed by atoms with van der Waals surface area (Å²) in [5.41, 5.74) is 5.66. The van der Waals surface area contributed by atoms with Gasteiger partial charge in [-0.05, 0) is 56.0 Å². The van der Waals surface area contributed by atoms with Crippen LogP contribution in [0.25, 0.3) is 0 Å². The molecule has 106 valence electrons. The number of sulfone groups is 1. The quantitative estimate of drug-likeness (QED) is 0.795. The molecule has 0 radical (unpaired) electrons. The van der Waals surface area contributed by atoms with Crippen LogP contribution in [-0.4, -0.2) is 31.6 Å². The monoisotopic (exact) mass is 411 g/mol. The van der Waals surface area contributed by atoms with E-state index in [0.717, 1.165) is 8.95 Å². The Morgan fingerprint density at radius 3 is 2.53 bits per heavy atom. The average molecular weight is 413 g/mol. The lowest BCUT2D eigenvalue weighted by Gasteiger charge is -2.32. The molecule has 0 amide bonds. The van der Waals surface area contributed by atoms with Gasteiger partial charge in [0.05, 0.1) is 17.6 Å². The van der Waals surface area contributed by atoms with E-state index in [-0.39, 0.29) is 18.1 Å². The van der Waals surface area contributed by atoms with Crippen LogP contribution in [-0.2, 0) is 9.84 Å². The third-order valence-electron chi connectivity index (χ3n) is 3.66. The molecule has 2 rings (SSSR count). The molecule has 0 aromatic heterocycles. The van der Waals surface area contributed by atoms with Crippen LogP contribution < -0.4 is 5.73 Å². The van der Waals surface area contributed by atoms with Crippen molar-refractivity contribution in [1.29, 1.82) is 0 Å². The summed E-state index contributed by atoms with van der Waals surface area (Å²) < 4.78 is 25.1. The molecule has 1 aliphatic rings. The van der Waals surface area contributed by atoms with E-state index in [2.05, 4.69) is 31.9 Å². The first-order chi connectivity index (χ1) is 8.80. The fourth-order valence-electron chi connectivity index (χ4n) is 2.47. The van der Waals surface area contributed by atoms with E-state index >= 15 is 0 Å². The highest BCUT2D eigenvalue weighted by atomic mass is 79.9. The summed E-state index contributed by atoms with van der Waals surface area (Å²) in [7, 11) is -3.10. The number of aliphatic hydroxyl groups is 1. The van der Waals surface area contributed by atoms with Crippen molar-refractivity contribution in [2.75, 3.05) is 18.1 Å². The number of hydrogen-bond donors (Lipinski definition) is 2. The van der Waals surface area contributed by atoms with Gasteiger partial charge in [-0.1, -0.05) is 6.07 Å². The van der Waals surface area contributed by atoms with Crippen molar-refractivity contribution < 1.29 is 13.5 Å². The summed E-state index contributed by atoms with van der Waals surface area (Å²) in [5, 5.41) is 10.5. The van der Waals surface area contributed by atoms with Crippen molar-refractivity contribution in [3.05, 3.63) is 32.7 Å². The smallest absolute Gasteiger partial charge is 0.151 e. The van der Waals surface area contributed by atoms with Gasteiger partial charge in [0, 0.05) is 20.9 Å². The Morgan fingerprint density at radius 2 is 2.05 bits per heavy atom. The Balaban J connectivity index is 2.36. The molecule has 3 N–H and O–H groups in total. The Morgan fingerprint density at radius 1 is 1.37 bits per heavy atom. The van der Waals surface area contributed by atoms with Crippen LogP contribution in [0.1, 0.15) is 18.1 Å². The predicted octanol–water partition coefficient (Wildman–Crippen LogP) is 2.01. The number of aliphatic hydroxyl groups excluding tert-OH is 1. The second kappa shape index (κ2) is 5.44. The average Bonchev–Trinajstić information content (AvgIpc) is 2.69. The number of halogens is 2. The van der Waals surface area contributed by atoms with E-state index in [0.29, 0.717) is 12.0 Å². The highest BCUT2D eigenvalue weighted by Crippen LogP contribution is 2.43. The number of rotatable bonds is 3. The van der Waals surface area contributed by atoms with Gasteiger partial charge in [-0.3, -0.25) is 0 Å². The molecule has 1 aliphatic heterocycles. The Bertz CT molecular complexity index is 591. The largest absolute Gasteiger partial charge is 0.388 e. The van der Waals surface area contributed by atoms with Gasteiger partial charge in [-0.15, -0.1) is 0 Å². The van der Waals surface area contributed by atoms with Crippen LogP contribution in [0.5, 0.6) is 0 Å². The molecule has 4 nitrogen and oxygen atoms in total. The minimum absolute atomic E-state index is 0.0502. The van der Waals surface area contributed by atoms with Gasteiger partial charge in [0.1, 0.15) is 0 Å². The van der Waals surface area contributed by atoms with Crippen molar-refractivity contribution in [3.8, 4) is 0 Å². The standard InChI is InChI=1S/C12H15Br2NO3S/c13-9-2-1-8(5-10(9)14)11(16)12(6-15)3-4-19(17,18)7-12/h1-2,5,11,16H,3-4,6-7,15H2. The first-order valence-electron chi connectivity index (χ1n) is 5.83. The molecule has 0 bridgehead atoms. The normalized spacial score (nSPS) is 27.4. The number of nitrogens with two attached hydrogens (primary N) is 1. The minimum atomic E-state index is -3.10. The van der Waals surface area contributed by atoms with Gasteiger partial charge in [-0.25, -0.2) is 8.42 Å². The van der Waals surface area contributed by atoms with Gasteiger partial charge in [-0.2, -0.15) is 0 Å². The van der Waals surface area contributed by atoms with Gasteiger partial charge in [0.25, 0.3) is 0 Å². The van der Waals surface area contributed by atoms with E-state index in [1.54, 1.807) is 12.1 Å². The fraction of sp³-hybridized carbons (Fsp3) is 0.500. The zero-order chi connectivity index (χ0) is 14.3. The van der Waals surface area contributed by atoms with Gasteiger partial charge < -0.3 is 10.8 Å². The Hall–Kier alpha value is 0.0500. The van der Waals surface area contributed by atoms with E-state index in [1.165, 1.54) is 0 Å². The molecule has 2 unspecified atom stereocenters. The van der Waals surface area contributed by atoms with Crippen LogP contribution in [0.4, 0.5) is 0 Å². The van der Waals surface area contributed by atoms with E-state index in [1.807, 2.05) is 6.07 Å². The van der Waals surface area contributed by atoms with Crippen molar-refractivity contribution in [2.45, 2.75) is 12.5 Å². The minimum Gasteiger partial charge on any atom is -0.388 e. The predicted molar refractivity (Wildman–Crippen MR) is 81.6 cm³/mol.